The molecule has 3 nitrogen and oxygen atoms in total. The molecule has 0 aliphatic carbocycles. The largest absolute Gasteiger partial charge is 0.469 e. The van der Waals surface area contributed by atoms with Gasteiger partial charge < -0.3 is 4.74 Å². The van der Waals surface area contributed by atoms with E-state index in [9.17, 15) is 9.59 Å². The highest BCUT2D eigenvalue weighted by molar-refractivity contribution is 8.00. The van der Waals surface area contributed by atoms with Crippen LogP contribution >= 0.6 is 11.8 Å². The van der Waals surface area contributed by atoms with Crippen LogP contribution in [0, 0.1) is 0 Å². The first-order valence-electron chi connectivity index (χ1n) is 6.32. The molecule has 0 aliphatic heterocycles. The van der Waals surface area contributed by atoms with Gasteiger partial charge in [0.1, 0.15) is 0 Å². The monoisotopic (exact) mass is 280 g/mol. The van der Waals surface area contributed by atoms with Crippen molar-refractivity contribution in [2.24, 2.45) is 0 Å². The molecule has 0 atom stereocenters. The van der Waals surface area contributed by atoms with E-state index in [-0.39, 0.29) is 11.8 Å². The molecule has 1 aromatic carbocycles. The van der Waals surface area contributed by atoms with Crippen molar-refractivity contribution in [2.75, 3.05) is 18.6 Å². The lowest BCUT2D eigenvalue weighted by molar-refractivity contribution is -0.140. The highest BCUT2D eigenvalue weighted by Crippen LogP contribution is 2.16. The van der Waals surface area contributed by atoms with Gasteiger partial charge in [0.25, 0.3) is 0 Å². The summed E-state index contributed by atoms with van der Waals surface area (Å²) in [6, 6.07) is 7.74. The van der Waals surface area contributed by atoms with Crippen LogP contribution in [0.3, 0.4) is 0 Å². The Kier molecular flexibility index (Phi) is 6.64. The van der Waals surface area contributed by atoms with Crippen molar-refractivity contribution in [1.29, 1.82) is 0 Å². The summed E-state index contributed by atoms with van der Waals surface area (Å²) in [4.78, 5) is 22.8. The Balaban J connectivity index is 2.39. The number of ether oxygens (including phenoxy) is 1. The smallest absolute Gasteiger partial charge is 0.306 e. The van der Waals surface area contributed by atoms with Gasteiger partial charge in [-0.05, 0) is 11.5 Å². The van der Waals surface area contributed by atoms with Crippen LogP contribution in [0.15, 0.2) is 24.3 Å². The highest BCUT2D eigenvalue weighted by atomic mass is 32.2. The first-order chi connectivity index (χ1) is 9.04. The van der Waals surface area contributed by atoms with Crippen LogP contribution in [0.25, 0.3) is 0 Å². The normalized spacial score (nSPS) is 10.5. The maximum absolute atomic E-state index is 11.9. The van der Waals surface area contributed by atoms with Gasteiger partial charge in [0.2, 0.25) is 0 Å². The third kappa shape index (κ3) is 5.47. The molecule has 0 amide bonds. The molecule has 0 aliphatic rings. The van der Waals surface area contributed by atoms with Crippen molar-refractivity contribution in [1.82, 2.24) is 0 Å². The first-order valence-corrected chi connectivity index (χ1v) is 7.47. The summed E-state index contributed by atoms with van der Waals surface area (Å²) in [5.41, 5.74) is 1.96. The summed E-state index contributed by atoms with van der Waals surface area (Å²) in [7, 11) is 1.37. The lowest BCUT2D eigenvalue weighted by atomic mass is 10.0. The molecule has 1 rings (SSSR count). The summed E-state index contributed by atoms with van der Waals surface area (Å²) < 4.78 is 4.54. The SMILES string of the molecule is COC(=O)CCSCC(=O)c1ccc(C(C)C)cc1. The zero-order valence-electron chi connectivity index (χ0n) is 11.6. The molecule has 0 N–H and O–H groups in total. The third-order valence-corrected chi connectivity index (χ3v) is 3.77. The minimum absolute atomic E-state index is 0.102. The molecule has 0 radical (unpaired) electrons. The van der Waals surface area contributed by atoms with E-state index in [2.05, 4.69) is 18.6 Å². The van der Waals surface area contributed by atoms with E-state index < -0.39 is 0 Å². The molecule has 19 heavy (non-hydrogen) atoms. The van der Waals surface area contributed by atoms with Gasteiger partial charge >= 0.3 is 5.97 Å². The molecule has 0 spiro atoms. The van der Waals surface area contributed by atoms with Crippen molar-refractivity contribution in [2.45, 2.75) is 26.2 Å². The minimum Gasteiger partial charge on any atom is -0.469 e. The molecule has 1 aromatic rings. The summed E-state index contributed by atoms with van der Waals surface area (Å²) in [6.45, 7) is 4.25. The van der Waals surface area contributed by atoms with Crippen LogP contribution in [0.1, 0.15) is 42.1 Å². The zero-order valence-corrected chi connectivity index (χ0v) is 12.5. The molecule has 0 unspecified atom stereocenters. The average Bonchev–Trinajstić information content (AvgIpc) is 2.43. The van der Waals surface area contributed by atoms with Crippen molar-refractivity contribution >= 4 is 23.5 Å². The van der Waals surface area contributed by atoms with E-state index in [1.807, 2.05) is 24.3 Å². The number of Topliss-reactive ketones (excluding diaryl/α,β-unsaturated/α-hetero) is 1. The second-order valence-corrected chi connectivity index (χ2v) is 5.68. The number of benzene rings is 1. The van der Waals surface area contributed by atoms with Crippen molar-refractivity contribution in [3.8, 4) is 0 Å². The van der Waals surface area contributed by atoms with Crippen LogP contribution in [0.2, 0.25) is 0 Å². The van der Waals surface area contributed by atoms with Crippen molar-refractivity contribution in [3.63, 3.8) is 0 Å². The van der Waals surface area contributed by atoms with Crippen LogP contribution in [0.5, 0.6) is 0 Å². The predicted molar refractivity (Wildman–Crippen MR) is 78.8 cm³/mol. The summed E-state index contributed by atoms with van der Waals surface area (Å²) in [5.74, 6) is 1.35. The number of thioether (sulfide) groups is 1. The molecule has 0 bridgehead atoms. The fourth-order valence-corrected chi connectivity index (χ4v) is 2.37. The lowest BCUT2D eigenvalue weighted by Gasteiger charge is -2.06. The Hall–Kier alpha value is -1.29. The topological polar surface area (TPSA) is 43.4 Å². The average molecular weight is 280 g/mol. The summed E-state index contributed by atoms with van der Waals surface area (Å²) in [6.07, 6.45) is 0.348. The number of hydrogen-bond acceptors (Lipinski definition) is 4. The van der Waals surface area contributed by atoms with E-state index >= 15 is 0 Å². The van der Waals surface area contributed by atoms with Crippen molar-refractivity contribution in [3.05, 3.63) is 35.4 Å². The Labute approximate surface area is 118 Å². The van der Waals surface area contributed by atoms with E-state index in [0.717, 1.165) is 5.56 Å². The number of carbonyl (C=O) groups is 2. The molecule has 0 fully saturated rings. The van der Waals surface area contributed by atoms with Gasteiger partial charge in [-0.1, -0.05) is 38.1 Å². The Bertz CT molecular complexity index is 424. The molecular weight excluding hydrogens is 260 g/mol. The molecule has 0 heterocycles. The Morgan fingerprint density at radius 3 is 2.37 bits per heavy atom. The Morgan fingerprint density at radius 1 is 1.21 bits per heavy atom. The number of methoxy groups -OCH3 is 1. The van der Waals surface area contributed by atoms with E-state index in [1.54, 1.807) is 0 Å². The van der Waals surface area contributed by atoms with Gasteiger partial charge in [-0.3, -0.25) is 9.59 Å². The van der Waals surface area contributed by atoms with Gasteiger partial charge in [-0.25, -0.2) is 0 Å². The molecule has 0 saturated heterocycles. The maximum atomic E-state index is 11.9. The van der Waals surface area contributed by atoms with E-state index in [1.165, 1.54) is 24.4 Å². The minimum atomic E-state index is -0.235. The molecule has 4 heteroatoms. The molecular formula is C15H20O3S. The van der Waals surface area contributed by atoms with Crippen LogP contribution in [-0.4, -0.2) is 30.4 Å². The number of hydrogen-bond donors (Lipinski definition) is 0. The fourth-order valence-electron chi connectivity index (χ4n) is 1.56. The van der Waals surface area contributed by atoms with Gasteiger partial charge in [-0.2, -0.15) is 11.8 Å². The number of rotatable bonds is 7. The number of ketones is 1. The number of carbonyl (C=O) groups excluding carboxylic acids is 2. The van der Waals surface area contributed by atoms with Gasteiger partial charge in [-0.15, -0.1) is 0 Å². The summed E-state index contributed by atoms with van der Waals surface area (Å²) >= 11 is 1.46. The van der Waals surface area contributed by atoms with Crippen LogP contribution < -0.4 is 0 Å². The van der Waals surface area contributed by atoms with Gasteiger partial charge in [0.05, 0.1) is 19.3 Å². The van der Waals surface area contributed by atoms with Gasteiger partial charge in [0.15, 0.2) is 5.78 Å². The fraction of sp³-hybridized carbons (Fsp3) is 0.467. The van der Waals surface area contributed by atoms with Crippen LogP contribution in [-0.2, 0) is 9.53 Å². The van der Waals surface area contributed by atoms with Crippen LogP contribution in [0.4, 0.5) is 0 Å². The third-order valence-electron chi connectivity index (χ3n) is 2.81. The lowest BCUT2D eigenvalue weighted by Crippen LogP contribution is -2.06. The van der Waals surface area contributed by atoms with E-state index in [4.69, 9.17) is 0 Å². The van der Waals surface area contributed by atoms with Crippen molar-refractivity contribution < 1.29 is 14.3 Å². The predicted octanol–water partition coefficient (Wildman–Crippen LogP) is 3.29. The summed E-state index contributed by atoms with van der Waals surface area (Å²) in [5, 5.41) is 0. The maximum Gasteiger partial charge on any atom is 0.306 e. The van der Waals surface area contributed by atoms with Gasteiger partial charge in [0, 0.05) is 11.3 Å². The first kappa shape index (κ1) is 15.8. The second kappa shape index (κ2) is 8.00. The van der Waals surface area contributed by atoms with E-state index in [0.29, 0.717) is 23.8 Å². The Morgan fingerprint density at radius 2 is 1.84 bits per heavy atom. The zero-order chi connectivity index (χ0) is 14.3. The quantitative estimate of drug-likeness (QED) is 0.437. The second-order valence-electron chi connectivity index (χ2n) is 4.58. The molecule has 0 aromatic heterocycles. The number of esters is 1. The standard InChI is InChI=1S/C15H20O3S/c1-11(2)12-4-6-13(7-5-12)14(16)10-19-9-8-15(17)18-3/h4-7,11H,8-10H2,1-3H3. The molecule has 104 valence electrons. The molecule has 0 saturated carbocycles. The highest BCUT2D eigenvalue weighted by Gasteiger charge is 2.08.